The Balaban J connectivity index is 4.24. The predicted octanol–water partition coefficient (Wildman–Crippen LogP) is 1.50. The third-order valence-electron chi connectivity index (χ3n) is 3.04. The molecule has 14 heavy (non-hydrogen) atoms. The summed E-state index contributed by atoms with van der Waals surface area (Å²) in [5.74, 6) is 0. The fraction of sp³-hybridized carbons (Fsp3) is 1.00. The first-order valence-corrected chi connectivity index (χ1v) is 5.31. The summed E-state index contributed by atoms with van der Waals surface area (Å²) in [4.78, 5) is 2.06. The maximum atomic E-state index is 10.0. The molecule has 86 valence electrons. The molecule has 0 radical (unpaired) electrons. The number of nitrogens with zero attached hydrogens (tertiary/aromatic N) is 1. The molecule has 0 aromatic heterocycles. The van der Waals surface area contributed by atoms with Crippen molar-refractivity contribution in [1.82, 2.24) is 4.90 Å². The summed E-state index contributed by atoms with van der Waals surface area (Å²) in [6.45, 7) is 8.50. The molecule has 3 heteroatoms. The highest BCUT2D eigenvalue weighted by Gasteiger charge is 2.33. The third kappa shape index (κ3) is 3.56. The molecule has 0 bridgehead atoms. The van der Waals surface area contributed by atoms with Crippen molar-refractivity contribution in [3.63, 3.8) is 0 Å². The van der Waals surface area contributed by atoms with Gasteiger partial charge in [0.15, 0.2) is 0 Å². The molecule has 0 aliphatic carbocycles. The molecule has 0 aromatic rings. The summed E-state index contributed by atoms with van der Waals surface area (Å²) >= 11 is 0. The van der Waals surface area contributed by atoms with Crippen molar-refractivity contribution in [2.24, 2.45) is 0 Å². The average molecular weight is 203 g/mol. The normalized spacial score (nSPS) is 18.6. The van der Waals surface area contributed by atoms with Crippen molar-refractivity contribution in [3.8, 4) is 0 Å². The molecule has 2 unspecified atom stereocenters. The van der Waals surface area contributed by atoms with E-state index < -0.39 is 6.10 Å². The lowest BCUT2D eigenvalue weighted by molar-refractivity contribution is -0.0648. The lowest BCUT2D eigenvalue weighted by atomic mass is 9.90. The lowest BCUT2D eigenvalue weighted by Crippen LogP contribution is -2.52. The van der Waals surface area contributed by atoms with E-state index in [0.29, 0.717) is 6.61 Å². The van der Waals surface area contributed by atoms with Gasteiger partial charge in [0.2, 0.25) is 0 Å². The van der Waals surface area contributed by atoms with Gasteiger partial charge in [0, 0.05) is 5.54 Å². The predicted molar refractivity (Wildman–Crippen MR) is 59.5 cm³/mol. The quantitative estimate of drug-likeness (QED) is 0.710. The van der Waals surface area contributed by atoms with Crippen LogP contribution in [0.1, 0.15) is 34.1 Å². The Bertz CT molecular complexity index is 159. The Hall–Kier alpha value is -0.120. The van der Waals surface area contributed by atoms with Gasteiger partial charge in [-0.15, -0.1) is 0 Å². The molecule has 0 aromatic carbocycles. The molecule has 0 spiro atoms. The molecule has 0 saturated heterocycles. The van der Waals surface area contributed by atoms with Crippen LogP contribution in [0.4, 0.5) is 0 Å². The zero-order chi connectivity index (χ0) is 11.4. The Labute approximate surface area is 88.1 Å². The maximum absolute atomic E-state index is 10.0. The molecule has 0 heterocycles. The zero-order valence-corrected chi connectivity index (χ0v) is 10.4. The smallest absolute Gasteiger partial charge is 0.0953 e. The van der Waals surface area contributed by atoms with Gasteiger partial charge in [-0.25, -0.2) is 0 Å². The minimum absolute atomic E-state index is 0.174. The van der Waals surface area contributed by atoms with Gasteiger partial charge in [-0.3, -0.25) is 0 Å². The van der Waals surface area contributed by atoms with Crippen LogP contribution >= 0.6 is 0 Å². The zero-order valence-electron chi connectivity index (χ0n) is 10.4. The monoisotopic (exact) mass is 203 g/mol. The standard InChI is InChI=1S/C11H25NO2/c1-7-11(4,12(5)6)10(13)8-14-9(2)3/h9-10,13H,7-8H2,1-6H3. The van der Waals surface area contributed by atoms with Crippen LogP contribution in [0.15, 0.2) is 0 Å². The Morgan fingerprint density at radius 2 is 1.86 bits per heavy atom. The fourth-order valence-corrected chi connectivity index (χ4v) is 1.31. The summed E-state index contributed by atoms with van der Waals surface area (Å²) in [6.07, 6.45) is 0.639. The number of ether oxygens (including phenoxy) is 1. The van der Waals surface area contributed by atoms with Crippen molar-refractivity contribution in [1.29, 1.82) is 0 Å². The van der Waals surface area contributed by atoms with Gasteiger partial charge in [0.1, 0.15) is 0 Å². The van der Waals surface area contributed by atoms with Gasteiger partial charge in [0.25, 0.3) is 0 Å². The van der Waals surface area contributed by atoms with E-state index in [-0.39, 0.29) is 11.6 Å². The maximum Gasteiger partial charge on any atom is 0.0953 e. The highest BCUT2D eigenvalue weighted by atomic mass is 16.5. The second-order valence-corrected chi connectivity index (χ2v) is 4.50. The Kier molecular flexibility index (Phi) is 5.64. The van der Waals surface area contributed by atoms with E-state index in [1.54, 1.807) is 0 Å². The summed E-state index contributed by atoms with van der Waals surface area (Å²) < 4.78 is 5.43. The van der Waals surface area contributed by atoms with E-state index >= 15 is 0 Å². The summed E-state index contributed by atoms with van der Waals surface area (Å²) in [7, 11) is 3.98. The highest BCUT2D eigenvalue weighted by Crippen LogP contribution is 2.21. The highest BCUT2D eigenvalue weighted by molar-refractivity contribution is 4.89. The molecule has 0 rings (SSSR count). The third-order valence-corrected chi connectivity index (χ3v) is 3.04. The van der Waals surface area contributed by atoms with E-state index in [1.807, 2.05) is 27.9 Å². The van der Waals surface area contributed by atoms with Crippen LogP contribution in [0.25, 0.3) is 0 Å². The Morgan fingerprint density at radius 1 is 1.36 bits per heavy atom. The number of hydrogen-bond acceptors (Lipinski definition) is 3. The minimum atomic E-state index is -0.440. The first kappa shape index (κ1) is 13.9. The number of aliphatic hydroxyl groups excluding tert-OH is 1. The number of likely N-dealkylation sites (N-methyl/N-ethyl adjacent to an activating group) is 1. The van der Waals surface area contributed by atoms with Crippen LogP contribution in [-0.2, 0) is 4.74 Å². The molecule has 0 aliphatic rings. The van der Waals surface area contributed by atoms with Gasteiger partial charge in [-0.05, 0) is 41.3 Å². The van der Waals surface area contributed by atoms with Gasteiger partial charge in [0.05, 0.1) is 18.8 Å². The molecule has 0 amide bonds. The second kappa shape index (κ2) is 5.69. The summed E-state index contributed by atoms with van der Waals surface area (Å²) in [6, 6.07) is 0. The number of rotatable bonds is 6. The molecule has 0 fully saturated rings. The van der Waals surface area contributed by atoms with Gasteiger partial charge < -0.3 is 14.7 Å². The summed E-state index contributed by atoms with van der Waals surface area (Å²) in [5.41, 5.74) is -0.200. The van der Waals surface area contributed by atoms with Crippen molar-refractivity contribution >= 4 is 0 Å². The lowest BCUT2D eigenvalue weighted by Gasteiger charge is -2.39. The average Bonchev–Trinajstić information content (AvgIpc) is 2.12. The van der Waals surface area contributed by atoms with Crippen LogP contribution in [-0.4, -0.2) is 48.5 Å². The number of aliphatic hydroxyl groups is 1. The minimum Gasteiger partial charge on any atom is -0.389 e. The van der Waals surface area contributed by atoms with E-state index in [1.165, 1.54) is 0 Å². The molecule has 1 N–H and O–H groups in total. The molecule has 2 atom stereocenters. The van der Waals surface area contributed by atoms with Gasteiger partial charge >= 0.3 is 0 Å². The summed E-state index contributed by atoms with van der Waals surface area (Å²) in [5, 5.41) is 10.0. The molecule has 0 aliphatic heterocycles. The Morgan fingerprint density at radius 3 is 2.14 bits per heavy atom. The van der Waals surface area contributed by atoms with Gasteiger partial charge in [-0.1, -0.05) is 6.92 Å². The second-order valence-electron chi connectivity index (χ2n) is 4.50. The van der Waals surface area contributed by atoms with Crippen LogP contribution in [0.5, 0.6) is 0 Å². The topological polar surface area (TPSA) is 32.7 Å². The molecular weight excluding hydrogens is 178 g/mol. The van der Waals surface area contributed by atoms with Crippen molar-refractivity contribution in [2.75, 3.05) is 20.7 Å². The van der Waals surface area contributed by atoms with Crippen LogP contribution in [0, 0.1) is 0 Å². The first-order valence-electron chi connectivity index (χ1n) is 5.31. The first-order chi connectivity index (χ1) is 6.34. The number of hydrogen-bond donors (Lipinski definition) is 1. The van der Waals surface area contributed by atoms with Crippen LogP contribution in [0.2, 0.25) is 0 Å². The van der Waals surface area contributed by atoms with E-state index in [0.717, 1.165) is 6.42 Å². The van der Waals surface area contributed by atoms with Crippen molar-refractivity contribution in [3.05, 3.63) is 0 Å². The molecule has 0 saturated carbocycles. The van der Waals surface area contributed by atoms with Crippen molar-refractivity contribution in [2.45, 2.75) is 51.9 Å². The largest absolute Gasteiger partial charge is 0.389 e. The van der Waals surface area contributed by atoms with Crippen molar-refractivity contribution < 1.29 is 9.84 Å². The molecule has 3 nitrogen and oxygen atoms in total. The molecular formula is C11H25NO2. The fourth-order valence-electron chi connectivity index (χ4n) is 1.31. The van der Waals surface area contributed by atoms with E-state index in [9.17, 15) is 5.11 Å². The van der Waals surface area contributed by atoms with Crippen LogP contribution < -0.4 is 0 Å². The van der Waals surface area contributed by atoms with Crippen LogP contribution in [0.3, 0.4) is 0 Å². The van der Waals surface area contributed by atoms with E-state index in [4.69, 9.17) is 4.74 Å². The van der Waals surface area contributed by atoms with Gasteiger partial charge in [-0.2, -0.15) is 0 Å². The van der Waals surface area contributed by atoms with E-state index in [2.05, 4.69) is 18.7 Å². The SMILES string of the molecule is CCC(C)(C(O)COC(C)C)N(C)C.